The molecule has 1 N–H and O–H groups in total. The van der Waals surface area contributed by atoms with Gasteiger partial charge in [-0.05, 0) is 17.7 Å². The van der Waals surface area contributed by atoms with E-state index in [9.17, 15) is 4.79 Å². The topological polar surface area (TPSA) is 41.6 Å². The summed E-state index contributed by atoms with van der Waals surface area (Å²) in [6.45, 7) is 2.52. The Labute approximate surface area is 112 Å². The van der Waals surface area contributed by atoms with E-state index in [1.54, 1.807) is 11.9 Å². The number of ether oxygens (including phenoxy) is 1. The van der Waals surface area contributed by atoms with Crippen molar-refractivity contribution in [1.29, 1.82) is 0 Å². The van der Waals surface area contributed by atoms with Gasteiger partial charge in [0, 0.05) is 31.7 Å². The van der Waals surface area contributed by atoms with Gasteiger partial charge in [-0.3, -0.25) is 4.79 Å². The molecule has 5 heteroatoms. The molecule has 1 atom stereocenters. The van der Waals surface area contributed by atoms with Crippen LogP contribution in [0.3, 0.4) is 0 Å². The predicted molar refractivity (Wildman–Crippen MR) is 70.5 cm³/mol. The van der Waals surface area contributed by atoms with Gasteiger partial charge in [-0.25, -0.2) is 0 Å². The van der Waals surface area contributed by atoms with Crippen LogP contribution >= 0.6 is 11.6 Å². The Morgan fingerprint density at radius 1 is 1.61 bits per heavy atom. The van der Waals surface area contributed by atoms with Gasteiger partial charge < -0.3 is 15.0 Å². The van der Waals surface area contributed by atoms with Gasteiger partial charge in [0.2, 0.25) is 0 Å². The summed E-state index contributed by atoms with van der Waals surface area (Å²) in [5.41, 5.74) is 1.02. The molecule has 0 bridgehead atoms. The number of rotatable bonds is 3. The Morgan fingerprint density at radius 2 is 2.44 bits per heavy atom. The molecule has 0 spiro atoms. The summed E-state index contributed by atoms with van der Waals surface area (Å²) < 4.78 is 5.44. The molecule has 1 aromatic carbocycles. The summed E-state index contributed by atoms with van der Waals surface area (Å²) in [6, 6.07) is 7.52. The molecule has 0 radical (unpaired) electrons. The molecule has 1 aromatic rings. The van der Waals surface area contributed by atoms with Gasteiger partial charge in [0.15, 0.2) is 0 Å². The zero-order valence-corrected chi connectivity index (χ0v) is 11.1. The Bertz CT molecular complexity index is 419. The fourth-order valence-corrected chi connectivity index (χ4v) is 2.17. The van der Waals surface area contributed by atoms with Gasteiger partial charge >= 0.3 is 0 Å². The molecule has 1 fully saturated rings. The van der Waals surface area contributed by atoms with Gasteiger partial charge in [0.05, 0.1) is 6.61 Å². The highest BCUT2D eigenvalue weighted by Crippen LogP contribution is 2.13. The van der Waals surface area contributed by atoms with E-state index >= 15 is 0 Å². The fraction of sp³-hybridized carbons (Fsp3) is 0.462. The zero-order chi connectivity index (χ0) is 13.0. The molecular formula is C13H17ClN2O2. The number of halogens is 1. The first-order valence-corrected chi connectivity index (χ1v) is 6.36. The number of hydrogen-bond donors (Lipinski definition) is 1. The molecule has 0 aliphatic carbocycles. The van der Waals surface area contributed by atoms with Gasteiger partial charge in [-0.15, -0.1) is 0 Å². The zero-order valence-electron chi connectivity index (χ0n) is 10.4. The number of carbonyl (C=O) groups excluding carboxylic acids is 1. The second-order valence-corrected chi connectivity index (χ2v) is 4.82. The summed E-state index contributed by atoms with van der Waals surface area (Å²) in [6.07, 6.45) is -0.372. The first kappa shape index (κ1) is 13.3. The van der Waals surface area contributed by atoms with E-state index in [1.165, 1.54) is 0 Å². The molecule has 1 heterocycles. The van der Waals surface area contributed by atoms with Crippen molar-refractivity contribution in [2.24, 2.45) is 0 Å². The summed E-state index contributed by atoms with van der Waals surface area (Å²) in [7, 11) is 1.78. The third-order valence-corrected chi connectivity index (χ3v) is 3.12. The van der Waals surface area contributed by atoms with Crippen LogP contribution in [0.2, 0.25) is 5.02 Å². The molecule has 1 aliphatic rings. The van der Waals surface area contributed by atoms with E-state index in [0.29, 0.717) is 24.7 Å². The molecule has 4 nitrogen and oxygen atoms in total. The molecule has 1 aliphatic heterocycles. The maximum absolute atomic E-state index is 12.1. The van der Waals surface area contributed by atoms with Crippen LogP contribution in [0.4, 0.5) is 0 Å². The van der Waals surface area contributed by atoms with Crippen LogP contribution in [-0.4, -0.2) is 43.7 Å². The summed E-state index contributed by atoms with van der Waals surface area (Å²) in [4.78, 5) is 13.8. The average Bonchev–Trinajstić information content (AvgIpc) is 2.39. The minimum atomic E-state index is -0.372. The standard InChI is InChI=1S/C13H17ClN2O2/c1-16(9-10-3-2-4-11(14)7-10)13(17)12-8-15-5-6-18-12/h2-4,7,12,15H,5-6,8-9H2,1H3. The molecular weight excluding hydrogens is 252 g/mol. The lowest BCUT2D eigenvalue weighted by Gasteiger charge is -2.27. The van der Waals surface area contributed by atoms with E-state index in [-0.39, 0.29) is 12.0 Å². The first-order chi connectivity index (χ1) is 8.66. The van der Waals surface area contributed by atoms with Gasteiger partial charge in [-0.1, -0.05) is 23.7 Å². The van der Waals surface area contributed by atoms with Gasteiger partial charge in [-0.2, -0.15) is 0 Å². The van der Waals surface area contributed by atoms with Crippen molar-refractivity contribution in [3.05, 3.63) is 34.9 Å². The van der Waals surface area contributed by atoms with Crippen LogP contribution in [0.25, 0.3) is 0 Å². The minimum Gasteiger partial charge on any atom is -0.366 e. The van der Waals surface area contributed by atoms with Crippen molar-refractivity contribution in [2.75, 3.05) is 26.7 Å². The molecule has 0 saturated carbocycles. The van der Waals surface area contributed by atoms with E-state index < -0.39 is 0 Å². The summed E-state index contributed by atoms with van der Waals surface area (Å²) >= 11 is 5.92. The Balaban J connectivity index is 1.94. The first-order valence-electron chi connectivity index (χ1n) is 5.98. The minimum absolute atomic E-state index is 0.00201. The van der Waals surface area contributed by atoms with Crippen molar-refractivity contribution in [1.82, 2.24) is 10.2 Å². The lowest BCUT2D eigenvalue weighted by atomic mass is 10.2. The van der Waals surface area contributed by atoms with E-state index in [4.69, 9.17) is 16.3 Å². The Morgan fingerprint density at radius 3 is 3.11 bits per heavy atom. The Kier molecular flexibility index (Phi) is 4.58. The molecule has 2 rings (SSSR count). The number of nitrogens with zero attached hydrogens (tertiary/aromatic N) is 1. The number of carbonyl (C=O) groups is 1. The lowest BCUT2D eigenvalue weighted by Crippen LogP contribution is -2.48. The van der Waals surface area contributed by atoms with E-state index in [2.05, 4.69) is 5.32 Å². The molecule has 1 unspecified atom stereocenters. The smallest absolute Gasteiger partial charge is 0.253 e. The van der Waals surface area contributed by atoms with Crippen LogP contribution in [0.15, 0.2) is 24.3 Å². The molecule has 0 aromatic heterocycles. The van der Waals surface area contributed by atoms with E-state index in [1.807, 2.05) is 24.3 Å². The van der Waals surface area contributed by atoms with Crippen LogP contribution < -0.4 is 5.32 Å². The fourth-order valence-electron chi connectivity index (χ4n) is 1.96. The van der Waals surface area contributed by atoms with Crippen molar-refractivity contribution in [3.8, 4) is 0 Å². The van der Waals surface area contributed by atoms with Crippen molar-refractivity contribution in [2.45, 2.75) is 12.6 Å². The predicted octanol–water partition coefficient (Wildman–Crippen LogP) is 1.29. The lowest BCUT2D eigenvalue weighted by molar-refractivity contribution is -0.144. The molecule has 1 amide bonds. The van der Waals surface area contributed by atoms with Gasteiger partial charge in [0.25, 0.3) is 5.91 Å². The third kappa shape index (κ3) is 3.45. The van der Waals surface area contributed by atoms with Crippen molar-refractivity contribution >= 4 is 17.5 Å². The maximum atomic E-state index is 12.1. The summed E-state index contributed by atoms with van der Waals surface area (Å²) in [5, 5.41) is 3.83. The second-order valence-electron chi connectivity index (χ2n) is 4.39. The van der Waals surface area contributed by atoms with Crippen LogP contribution in [0.5, 0.6) is 0 Å². The number of morpholine rings is 1. The monoisotopic (exact) mass is 268 g/mol. The highest BCUT2D eigenvalue weighted by Gasteiger charge is 2.24. The number of likely N-dealkylation sites (N-methyl/N-ethyl adjacent to an activating group) is 1. The normalized spacial score (nSPS) is 19.6. The average molecular weight is 269 g/mol. The maximum Gasteiger partial charge on any atom is 0.253 e. The van der Waals surface area contributed by atoms with Gasteiger partial charge in [0.1, 0.15) is 6.10 Å². The molecule has 98 valence electrons. The SMILES string of the molecule is CN(Cc1cccc(Cl)c1)C(=O)C1CNCCO1. The third-order valence-electron chi connectivity index (χ3n) is 2.89. The largest absolute Gasteiger partial charge is 0.366 e. The van der Waals surface area contributed by atoms with E-state index in [0.717, 1.165) is 12.1 Å². The highest BCUT2D eigenvalue weighted by atomic mass is 35.5. The van der Waals surface area contributed by atoms with Crippen molar-refractivity contribution < 1.29 is 9.53 Å². The summed E-state index contributed by atoms with van der Waals surface area (Å²) in [5.74, 6) is 0.00201. The van der Waals surface area contributed by atoms with Crippen LogP contribution in [0, 0.1) is 0 Å². The van der Waals surface area contributed by atoms with Crippen molar-refractivity contribution in [3.63, 3.8) is 0 Å². The molecule has 1 saturated heterocycles. The Hall–Kier alpha value is -1.10. The molecule has 18 heavy (non-hydrogen) atoms. The highest BCUT2D eigenvalue weighted by molar-refractivity contribution is 6.30. The number of benzene rings is 1. The van der Waals surface area contributed by atoms with Crippen LogP contribution in [-0.2, 0) is 16.1 Å². The number of amides is 1. The second kappa shape index (κ2) is 6.18. The number of nitrogens with one attached hydrogen (secondary N) is 1. The number of hydrogen-bond acceptors (Lipinski definition) is 3. The van der Waals surface area contributed by atoms with Crippen LogP contribution in [0.1, 0.15) is 5.56 Å². The quantitative estimate of drug-likeness (QED) is 0.898.